The van der Waals surface area contributed by atoms with Crippen LogP contribution in [0, 0.1) is 0 Å². The lowest BCUT2D eigenvalue weighted by atomic mass is 9.96. The highest BCUT2D eigenvalue weighted by atomic mass is 32.2. The van der Waals surface area contributed by atoms with Gasteiger partial charge in [-0.25, -0.2) is 4.79 Å². The molecular weight excluding hydrogens is 360 g/mol. The van der Waals surface area contributed by atoms with Gasteiger partial charge in [-0.3, -0.25) is 4.79 Å². The zero-order chi connectivity index (χ0) is 19.2. The van der Waals surface area contributed by atoms with Crippen LogP contribution in [0.1, 0.15) is 31.1 Å². The van der Waals surface area contributed by atoms with Gasteiger partial charge in [-0.05, 0) is 25.0 Å². The number of carbonyl (C=O) groups excluding carboxylic acids is 2. The maximum Gasteiger partial charge on any atom is 0.331 e. The summed E-state index contributed by atoms with van der Waals surface area (Å²) >= 11 is 1.56. The molecule has 0 saturated carbocycles. The Hall–Kier alpha value is -2.31. The molecule has 0 spiro atoms. The van der Waals surface area contributed by atoms with Crippen molar-refractivity contribution in [1.82, 2.24) is 4.90 Å². The van der Waals surface area contributed by atoms with Crippen molar-refractivity contribution in [3.8, 4) is 0 Å². The molecule has 0 aliphatic carbocycles. The van der Waals surface area contributed by atoms with Gasteiger partial charge in [-0.15, -0.1) is 11.8 Å². The molecule has 0 aromatic heterocycles. The van der Waals surface area contributed by atoms with Crippen LogP contribution in [0.25, 0.3) is 0 Å². The number of β-lactam (4-membered cyclic amide) rings is 1. The summed E-state index contributed by atoms with van der Waals surface area (Å²) in [5.41, 5.74) is 7.69. The van der Waals surface area contributed by atoms with Gasteiger partial charge in [0.2, 0.25) is 5.91 Å². The van der Waals surface area contributed by atoms with Gasteiger partial charge in [-0.2, -0.15) is 0 Å². The molecule has 2 aromatic carbocycles. The highest BCUT2D eigenvalue weighted by molar-refractivity contribution is 8.01. The first kappa shape index (κ1) is 18.1. The van der Waals surface area contributed by atoms with E-state index in [0.717, 1.165) is 11.1 Å². The average Bonchev–Trinajstić information content (AvgIpc) is 2.95. The summed E-state index contributed by atoms with van der Waals surface area (Å²) in [7, 11) is 0. The van der Waals surface area contributed by atoms with Crippen LogP contribution in [-0.2, 0) is 14.3 Å². The fourth-order valence-corrected chi connectivity index (χ4v) is 5.35. The Labute approximate surface area is 162 Å². The van der Waals surface area contributed by atoms with Gasteiger partial charge >= 0.3 is 5.97 Å². The molecule has 1 amide bonds. The quantitative estimate of drug-likeness (QED) is 0.650. The minimum Gasteiger partial charge on any atom is -0.451 e. The average molecular weight is 382 g/mol. The van der Waals surface area contributed by atoms with Crippen molar-refractivity contribution >= 4 is 23.6 Å². The third-order valence-corrected chi connectivity index (χ3v) is 6.74. The van der Waals surface area contributed by atoms with Gasteiger partial charge < -0.3 is 15.4 Å². The van der Waals surface area contributed by atoms with E-state index in [1.54, 1.807) is 16.7 Å². The van der Waals surface area contributed by atoms with Crippen LogP contribution < -0.4 is 5.73 Å². The number of hydrogen-bond donors (Lipinski definition) is 1. The standard InChI is InChI=1S/C21H22N2O3S/c1-21(2)17(23-18(24)15(22)19(23)27-21)20(25)26-16(13-9-5-3-6-10-13)14-11-7-4-8-12-14/h3-12,15-17,19H,22H2,1-2H3. The number of thioether (sulfide) groups is 1. The molecule has 140 valence electrons. The molecule has 2 fully saturated rings. The molecule has 4 rings (SSSR count). The second kappa shape index (κ2) is 6.69. The van der Waals surface area contributed by atoms with Crippen LogP contribution in [0.4, 0.5) is 0 Å². The summed E-state index contributed by atoms with van der Waals surface area (Å²) in [4.78, 5) is 27.0. The van der Waals surface area contributed by atoms with Gasteiger partial charge in [0.25, 0.3) is 0 Å². The summed E-state index contributed by atoms with van der Waals surface area (Å²) in [6.07, 6.45) is -0.523. The van der Waals surface area contributed by atoms with E-state index in [9.17, 15) is 9.59 Å². The Morgan fingerprint density at radius 3 is 2.11 bits per heavy atom. The molecule has 2 aliphatic rings. The Kier molecular flexibility index (Phi) is 4.48. The van der Waals surface area contributed by atoms with Crippen LogP contribution in [0.3, 0.4) is 0 Å². The van der Waals surface area contributed by atoms with Crippen molar-refractivity contribution in [3.63, 3.8) is 0 Å². The van der Waals surface area contributed by atoms with Crippen LogP contribution in [0.15, 0.2) is 60.7 Å². The SMILES string of the molecule is CC1(C)SC2C(N)C(=O)N2C1C(=O)OC(c1ccccc1)c1ccccc1. The van der Waals surface area contributed by atoms with Crippen molar-refractivity contribution in [2.45, 2.75) is 42.2 Å². The smallest absolute Gasteiger partial charge is 0.331 e. The van der Waals surface area contributed by atoms with E-state index in [4.69, 9.17) is 10.5 Å². The second-order valence-electron chi connectivity index (χ2n) is 7.42. The summed E-state index contributed by atoms with van der Waals surface area (Å²) in [6.45, 7) is 3.92. The highest BCUT2D eigenvalue weighted by Crippen LogP contribution is 2.50. The van der Waals surface area contributed by atoms with Gasteiger partial charge in [0.1, 0.15) is 17.5 Å². The molecule has 0 bridgehead atoms. The van der Waals surface area contributed by atoms with Crippen LogP contribution >= 0.6 is 11.8 Å². The lowest BCUT2D eigenvalue weighted by Crippen LogP contribution is -2.68. The summed E-state index contributed by atoms with van der Waals surface area (Å²) in [5.74, 6) is -0.580. The van der Waals surface area contributed by atoms with Gasteiger partial charge in [0.05, 0.1) is 0 Å². The predicted octanol–water partition coefficient (Wildman–Crippen LogP) is 2.71. The first-order chi connectivity index (χ1) is 12.9. The Morgan fingerprint density at radius 2 is 1.59 bits per heavy atom. The van der Waals surface area contributed by atoms with Crippen molar-refractivity contribution in [2.75, 3.05) is 0 Å². The number of nitrogens with two attached hydrogens (primary N) is 1. The normalized spacial score (nSPS) is 25.9. The number of rotatable bonds is 4. The number of amides is 1. The first-order valence-electron chi connectivity index (χ1n) is 8.96. The van der Waals surface area contributed by atoms with E-state index >= 15 is 0 Å². The van der Waals surface area contributed by atoms with E-state index in [0.29, 0.717) is 0 Å². The zero-order valence-corrected chi connectivity index (χ0v) is 16.1. The fourth-order valence-electron chi connectivity index (χ4n) is 3.79. The number of esters is 1. The maximum absolute atomic E-state index is 13.2. The molecule has 27 heavy (non-hydrogen) atoms. The number of benzene rings is 2. The number of nitrogens with zero attached hydrogens (tertiary/aromatic N) is 1. The second-order valence-corrected chi connectivity index (χ2v) is 9.19. The lowest BCUT2D eigenvalue weighted by Gasteiger charge is -2.42. The Morgan fingerprint density at radius 1 is 1.07 bits per heavy atom. The van der Waals surface area contributed by atoms with Crippen LogP contribution in [-0.4, -0.2) is 39.0 Å². The van der Waals surface area contributed by atoms with Crippen LogP contribution in [0.2, 0.25) is 0 Å². The highest BCUT2D eigenvalue weighted by Gasteiger charge is 2.63. The Balaban J connectivity index is 1.64. The number of carbonyl (C=O) groups is 2. The minimum absolute atomic E-state index is 0.156. The predicted molar refractivity (Wildman–Crippen MR) is 105 cm³/mol. The van der Waals surface area contributed by atoms with E-state index in [1.807, 2.05) is 74.5 Å². The van der Waals surface area contributed by atoms with E-state index in [1.165, 1.54) is 0 Å². The van der Waals surface area contributed by atoms with Crippen molar-refractivity contribution < 1.29 is 14.3 Å². The van der Waals surface area contributed by atoms with Gasteiger partial charge in [0.15, 0.2) is 6.10 Å². The fraction of sp³-hybridized carbons (Fsp3) is 0.333. The monoisotopic (exact) mass is 382 g/mol. The Bertz CT molecular complexity index is 817. The maximum atomic E-state index is 13.2. The molecule has 2 N–H and O–H groups in total. The minimum atomic E-state index is -0.644. The molecule has 2 aliphatic heterocycles. The van der Waals surface area contributed by atoms with E-state index in [2.05, 4.69) is 0 Å². The number of fused-ring (bicyclic) bond motifs is 1. The molecule has 0 radical (unpaired) electrons. The molecule has 3 unspecified atom stereocenters. The third kappa shape index (κ3) is 3.03. The molecular formula is C21H22N2O3S. The van der Waals surface area contributed by atoms with Crippen molar-refractivity contribution in [2.24, 2.45) is 5.73 Å². The molecule has 5 nitrogen and oxygen atoms in total. The van der Waals surface area contributed by atoms with Gasteiger partial charge in [-0.1, -0.05) is 60.7 Å². The molecule has 3 atom stereocenters. The summed E-state index contributed by atoms with van der Waals surface area (Å²) in [6, 6.07) is 18.1. The largest absolute Gasteiger partial charge is 0.451 e. The lowest BCUT2D eigenvalue weighted by molar-refractivity contribution is -0.165. The van der Waals surface area contributed by atoms with Crippen molar-refractivity contribution in [1.29, 1.82) is 0 Å². The molecule has 6 heteroatoms. The van der Waals surface area contributed by atoms with E-state index in [-0.39, 0.29) is 11.3 Å². The number of hydrogen-bond acceptors (Lipinski definition) is 5. The zero-order valence-electron chi connectivity index (χ0n) is 15.2. The molecule has 2 aromatic rings. The summed E-state index contributed by atoms with van der Waals surface area (Å²) in [5, 5.41) is -0.156. The van der Waals surface area contributed by atoms with Crippen molar-refractivity contribution in [3.05, 3.63) is 71.8 Å². The third-order valence-electron chi connectivity index (χ3n) is 5.14. The summed E-state index contributed by atoms with van der Waals surface area (Å²) < 4.78 is 5.54. The van der Waals surface area contributed by atoms with Crippen LogP contribution in [0.5, 0.6) is 0 Å². The van der Waals surface area contributed by atoms with Gasteiger partial charge in [0, 0.05) is 4.75 Å². The molecule has 2 saturated heterocycles. The molecule has 2 heterocycles. The van der Waals surface area contributed by atoms with E-state index < -0.39 is 28.9 Å². The number of ether oxygens (including phenoxy) is 1. The topological polar surface area (TPSA) is 72.6 Å². The first-order valence-corrected chi connectivity index (χ1v) is 9.84.